The highest BCUT2D eigenvalue weighted by molar-refractivity contribution is 6.17. The number of piperazine rings is 1. The number of benzene rings is 2. The molecule has 0 bridgehead atoms. The number of ether oxygens (including phenoxy) is 2. The monoisotopic (exact) mass is 492 g/mol. The van der Waals surface area contributed by atoms with Crippen LogP contribution < -0.4 is 0 Å². The second kappa shape index (κ2) is 10.8. The van der Waals surface area contributed by atoms with Crippen molar-refractivity contribution in [3.63, 3.8) is 0 Å². The van der Waals surface area contributed by atoms with Gasteiger partial charge in [-0.2, -0.15) is 0 Å². The van der Waals surface area contributed by atoms with Gasteiger partial charge in [0.25, 0.3) is 11.8 Å². The van der Waals surface area contributed by atoms with Crippen LogP contribution in [0.1, 0.15) is 42.3 Å². The average Bonchev–Trinajstić information content (AvgIpc) is 2.83. The van der Waals surface area contributed by atoms with Gasteiger partial charge < -0.3 is 9.47 Å². The van der Waals surface area contributed by atoms with Crippen LogP contribution in [0.5, 0.6) is 0 Å². The van der Waals surface area contributed by atoms with E-state index in [0.717, 1.165) is 15.4 Å². The van der Waals surface area contributed by atoms with E-state index in [4.69, 9.17) is 9.47 Å². The summed E-state index contributed by atoms with van der Waals surface area (Å²) < 4.78 is 10.9. The minimum atomic E-state index is -2.15. The van der Waals surface area contributed by atoms with Crippen LogP contribution in [0, 0.1) is 6.92 Å². The van der Waals surface area contributed by atoms with E-state index in [9.17, 15) is 19.2 Å². The maximum Gasteiger partial charge on any atom is 0.411 e. The lowest BCUT2D eigenvalue weighted by Gasteiger charge is -2.46. The molecule has 1 fully saturated rings. The van der Waals surface area contributed by atoms with Gasteiger partial charge in [0.1, 0.15) is 12.2 Å². The van der Waals surface area contributed by atoms with Gasteiger partial charge >= 0.3 is 12.1 Å². The Kier molecular flexibility index (Phi) is 7.97. The van der Waals surface area contributed by atoms with Gasteiger partial charge in [-0.15, -0.1) is 0 Å². The third kappa shape index (κ3) is 5.64. The van der Waals surface area contributed by atoms with Crippen LogP contribution in [-0.2, 0) is 25.5 Å². The first-order chi connectivity index (χ1) is 17.0. The second-order valence-corrected chi connectivity index (χ2v) is 9.67. The van der Waals surface area contributed by atoms with Gasteiger partial charge in [-0.3, -0.25) is 19.4 Å². The number of carbonyl (C=O) groups is 4. The molecule has 0 aliphatic carbocycles. The third-order valence-corrected chi connectivity index (χ3v) is 5.74. The Hall–Kier alpha value is -3.94. The first-order valence-corrected chi connectivity index (χ1v) is 11.8. The fraction of sp³-hybridized carbons (Fsp3) is 0.357. The van der Waals surface area contributed by atoms with Gasteiger partial charge in [0, 0.05) is 25.1 Å². The van der Waals surface area contributed by atoms with Crippen molar-refractivity contribution < 1.29 is 28.7 Å². The Labute approximate surface area is 211 Å². The highest BCUT2D eigenvalue weighted by atomic mass is 16.6. The Morgan fingerprint density at radius 3 is 2.25 bits per heavy atom. The van der Waals surface area contributed by atoms with E-state index in [1.807, 2.05) is 6.92 Å². The summed E-state index contributed by atoms with van der Waals surface area (Å²) in [5.74, 6) is -2.36. The largest absolute Gasteiger partial charge is 0.459 e. The molecule has 8 heteroatoms. The van der Waals surface area contributed by atoms with Crippen LogP contribution in [-0.4, -0.2) is 64.5 Å². The molecule has 3 rings (SSSR count). The van der Waals surface area contributed by atoms with E-state index in [2.05, 4.69) is 6.58 Å². The number of hydrogen-bond acceptors (Lipinski definition) is 6. The highest BCUT2D eigenvalue weighted by Crippen LogP contribution is 2.32. The lowest BCUT2D eigenvalue weighted by Crippen LogP contribution is -2.73. The Bertz CT molecular complexity index is 1140. The molecular weight excluding hydrogens is 460 g/mol. The number of imide groups is 1. The van der Waals surface area contributed by atoms with E-state index in [-0.39, 0.29) is 26.1 Å². The molecule has 0 N–H and O–H groups in total. The predicted octanol–water partition coefficient (Wildman–Crippen LogP) is 3.93. The van der Waals surface area contributed by atoms with Crippen molar-refractivity contribution >= 4 is 23.9 Å². The Balaban J connectivity index is 2.13. The summed E-state index contributed by atoms with van der Waals surface area (Å²) in [7, 11) is 0. The van der Waals surface area contributed by atoms with E-state index < -0.39 is 35.0 Å². The van der Waals surface area contributed by atoms with Gasteiger partial charge in [0.05, 0.1) is 0 Å². The summed E-state index contributed by atoms with van der Waals surface area (Å²) in [4.78, 5) is 56.7. The van der Waals surface area contributed by atoms with Crippen molar-refractivity contribution in [3.05, 3.63) is 83.9 Å². The Morgan fingerprint density at radius 2 is 1.67 bits per heavy atom. The van der Waals surface area contributed by atoms with E-state index >= 15 is 0 Å². The molecular formula is C28H32N2O6. The molecule has 0 spiro atoms. The zero-order chi connectivity index (χ0) is 26.5. The normalized spacial score (nSPS) is 17.9. The molecule has 1 atom stereocenters. The van der Waals surface area contributed by atoms with Crippen molar-refractivity contribution in [2.24, 2.45) is 0 Å². The van der Waals surface area contributed by atoms with Crippen LogP contribution in [0.25, 0.3) is 0 Å². The zero-order valence-corrected chi connectivity index (χ0v) is 21.2. The average molecular weight is 493 g/mol. The van der Waals surface area contributed by atoms with Crippen LogP contribution >= 0.6 is 0 Å². The number of rotatable bonds is 6. The number of aryl methyl sites for hydroxylation is 1. The number of esters is 1. The summed E-state index contributed by atoms with van der Waals surface area (Å²) in [5.41, 5.74) is -1.16. The summed E-state index contributed by atoms with van der Waals surface area (Å²) in [5, 5.41) is 0. The predicted molar refractivity (Wildman–Crippen MR) is 134 cm³/mol. The van der Waals surface area contributed by atoms with Crippen LogP contribution in [0.3, 0.4) is 0 Å². The van der Waals surface area contributed by atoms with Gasteiger partial charge in [0.2, 0.25) is 5.54 Å². The molecule has 1 aliphatic heterocycles. The number of hydrogen-bond donors (Lipinski definition) is 0. The van der Waals surface area contributed by atoms with Crippen molar-refractivity contribution in [2.45, 2.75) is 45.3 Å². The molecule has 0 aromatic heterocycles. The highest BCUT2D eigenvalue weighted by Gasteiger charge is 2.60. The van der Waals surface area contributed by atoms with Crippen LogP contribution in [0.4, 0.5) is 4.79 Å². The molecule has 3 amide bonds. The minimum Gasteiger partial charge on any atom is -0.459 e. The van der Waals surface area contributed by atoms with Gasteiger partial charge in [0.15, 0.2) is 0 Å². The summed E-state index contributed by atoms with van der Waals surface area (Å²) >= 11 is 0. The smallest absolute Gasteiger partial charge is 0.411 e. The van der Waals surface area contributed by atoms with Crippen molar-refractivity contribution in [3.8, 4) is 0 Å². The van der Waals surface area contributed by atoms with Gasteiger partial charge in [-0.25, -0.2) is 9.59 Å². The van der Waals surface area contributed by atoms with Gasteiger partial charge in [-0.05, 0) is 45.4 Å². The van der Waals surface area contributed by atoms with E-state index in [1.165, 1.54) is 6.08 Å². The molecule has 8 nitrogen and oxygen atoms in total. The minimum absolute atomic E-state index is 0.101. The molecule has 0 saturated carbocycles. The van der Waals surface area contributed by atoms with Crippen LogP contribution in [0.15, 0.2) is 67.3 Å². The number of amides is 3. The lowest BCUT2D eigenvalue weighted by atomic mass is 9.85. The molecule has 2 aromatic carbocycles. The fourth-order valence-electron chi connectivity index (χ4n) is 4.03. The van der Waals surface area contributed by atoms with Crippen molar-refractivity contribution in [1.82, 2.24) is 9.80 Å². The van der Waals surface area contributed by atoms with E-state index in [0.29, 0.717) is 11.1 Å². The molecule has 1 aliphatic rings. The van der Waals surface area contributed by atoms with Crippen molar-refractivity contribution in [1.29, 1.82) is 0 Å². The summed E-state index contributed by atoms with van der Waals surface area (Å²) in [6, 6.07) is 15.6. The van der Waals surface area contributed by atoms with Crippen molar-refractivity contribution in [2.75, 3.05) is 19.7 Å². The topological polar surface area (TPSA) is 93.2 Å². The molecule has 1 saturated heterocycles. The first kappa shape index (κ1) is 26.7. The molecule has 0 radical (unpaired) electrons. The number of carbonyl (C=O) groups excluding carboxylic acids is 4. The second-order valence-electron chi connectivity index (χ2n) is 9.67. The fourth-order valence-corrected chi connectivity index (χ4v) is 4.03. The first-order valence-electron chi connectivity index (χ1n) is 11.8. The zero-order valence-electron chi connectivity index (χ0n) is 21.2. The number of nitrogens with zero attached hydrogens (tertiary/aromatic N) is 2. The summed E-state index contributed by atoms with van der Waals surface area (Å²) in [6.45, 7) is 10.2. The summed E-state index contributed by atoms with van der Waals surface area (Å²) in [6.07, 6.45) is 0.332. The maximum atomic E-state index is 14.1. The molecule has 190 valence electrons. The van der Waals surface area contributed by atoms with Crippen LogP contribution in [0.2, 0.25) is 0 Å². The molecule has 2 aromatic rings. The SMILES string of the molecule is C=CCOC(=O)C1(Cc2ccccc2)C(=O)N(C(=O)c2ccc(C)cc2)CCN1C(=O)OC(C)(C)C. The molecule has 1 heterocycles. The standard InChI is InChI=1S/C28H32N2O6/c1-6-18-35-25(33)28(19-21-10-8-7-9-11-21)24(32)29(23(31)22-14-12-20(2)13-15-22)16-17-30(28)26(34)36-27(3,4)5/h6-15H,1,16-19H2,2-5H3. The third-order valence-electron chi connectivity index (χ3n) is 5.74. The lowest BCUT2D eigenvalue weighted by molar-refractivity contribution is -0.170. The quantitative estimate of drug-likeness (QED) is 0.263. The Morgan fingerprint density at radius 1 is 1.03 bits per heavy atom. The molecule has 36 heavy (non-hydrogen) atoms. The molecule has 1 unspecified atom stereocenters. The van der Waals surface area contributed by atoms with E-state index in [1.54, 1.807) is 75.4 Å². The van der Waals surface area contributed by atoms with Gasteiger partial charge in [-0.1, -0.05) is 60.7 Å². The maximum absolute atomic E-state index is 14.1.